The molecule has 2 aromatic rings. The van der Waals surface area contributed by atoms with Gasteiger partial charge in [-0.1, -0.05) is 0 Å². The Morgan fingerprint density at radius 2 is 2.22 bits per heavy atom. The van der Waals surface area contributed by atoms with Gasteiger partial charge in [0.05, 0.1) is 24.6 Å². The molecular formula is C10H13N5O3. The second-order valence-electron chi connectivity index (χ2n) is 3.86. The summed E-state index contributed by atoms with van der Waals surface area (Å²) in [5, 5.41) is 17.9. The van der Waals surface area contributed by atoms with E-state index < -0.39 is 11.7 Å². The molecule has 1 atom stereocenters. The van der Waals surface area contributed by atoms with Crippen LogP contribution in [0.4, 0.5) is 5.95 Å². The van der Waals surface area contributed by atoms with Crippen molar-refractivity contribution < 1.29 is 10.2 Å². The van der Waals surface area contributed by atoms with Gasteiger partial charge in [-0.15, -0.1) is 0 Å². The summed E-state index contributed by atoms with van der Waals surface area (Å²) < 4.78 is 0. The number of aliphatic hydroxyl groups is 2. The zero-order chi connectivity index (χ0) is 13.1. The first-order chi connectivity index (χ1) is 8.60. The van der Waals surface area contributed by atoms with Gasteiger partial charge in [-0.25, -0.2) is 9.97 Å². The number of hydrogen-bond acceptors (Lipinski definition) is 7. The first-order valence-electron chi connectivity index (χ1n) is 5.40. The third-order valence-corrected chi connectivity index (χ3v) is 2.43. The summed E-state index contributed by atoms with van der Waals surface area (Å²) in [4.78, 5) is 25.9. The lowest BCUT2D eigenvalue weighted by Gasteiger charge is -2.06. The molecule has 0 bridgehead atoms. The fourth-order valence-corrected chi connectivity index (χ4v) is 1.50. The highest BCUT2D eigenvalue weighted by molar-refractivity contribution is 5.69. The van der Waals surface area contributed by atoms with Crippen LogP contribution in [0.2, 0.25) is 0 Å². The molecule has 96 valence electrons. The molecular weight excluding hydrogens is 238 g/mol. The summed E-state index contributed by atoms with van der Waals surface area (Å²) in [5.41, 5.74) is 5.78. The molecule has 5 N–H and O–H groups in total. The van der Waals surface area contributed by atoms with Crippen LogP contribution in [0.3, 0.4) is 0 Å². The van der Waals surface area contributed by atoms with E-state index in [1.165, 1.54) is 6.20 Å². The fraction of sp³-hybridized carbons (Fsp3) is 0.400. The van der Waals surface area contributed by atoms with Crippen LogP contribution >= 0.6 is 0 Å². The summed E-state index contributed by atoms with van der Waals surface area (Å²) in [6, 6.07) is 0. The number of H-pyrrole nitrogens is 1. The number of anilines is 1. The summed E-state index contributed by atoms with van der Waals surface area (Å²) in [6.45, 7) is -0.306. The number of hydrogen-bond donors (Lipinski definition) is 4. The number of nitrogens with two attached hydrogens (primary N) is 1. The predicted molar refractivity (Wildman–Crippen MR) is 63.8 cm³/mol. The Bertz CT molecular complexity index is 612. The van der Waals surface area contributed by atoms with Crippen molar-refractivity contribution in [1.29, 1.82) is 0 Å². The number of fused-ring (bicyclic) bond motifs is 1. The topological polar surface area (TPSA) is 138 Å². The molecule has 0 aliphatic heterocycles. The molecule has 0 aliphatic carbocycles. The number of aromatic amines is 1. The number of nitrogens with zero attached hydrogens (tertiary/aromatic N) is 3. The van der Waals surface area contributed by atoms with Gasteiger partial charge in [-0.05, 0) is 12.8 Å². The van der Waals surface area contributed by atoms with E-state index >= 15 is 0 Å². The number of aryl methyl sites for hydroxylation is 1. The molecule has 2 rings (SSSR count). The quantitative estimate of drug-likeness (QED) is 0.523. The van der Waals surface area contributed by atoms with Crippen LogP contribution in [0.15, 0.2) is 11.0 Å². The standard InChI is InChI=1S/C10H13N5O3/c11-10-14-8-7(9(18)15-10)13-5(3-12-8)1-2-6(17)4-16/h3,6,16-17H,1-2,4H2,(H3,11,12,14,15,18)/t6-/m0/s1. The highest BCUT2D eigenvalue weighted by Gasteiger charge is 2.08. The van der Waals surface area contributed by atoms with Gasteiger partial charge in [-0.3, -0.25) is 9.78 Å². The first kappa shape index (κ1) is 12.4. The Morgan fingerprint density at radius 3 is 2.94 bits per heavy atom. The van der Waals surface area contributed by atoms with E-state index in [4.69, 9.17) is 10.8 Å². The highest BCUT2D eigenvalue weighted by Crippen LogP contribution is 2.06. The molecule has 0 spiro atoms. The molecule has 18 heavy (non-hydrogen) atoms. The van der Waals surface area contributed by atoms with Crippen molar-refractivity contribution in [2.24, 2.45) is 0 Å². The SMILES string of the molecule is Nc1nc2ncc(CC[C@H](O)CO)nc2c(=O)[nH]1. The summed E-state index contributed by atoms with van der Waals surface area (Å²) in [5.74, 6) is -0.00903. The zero-order valence-corrected chi connectivity index (χ0v) is 9.50. The lowest BCUT2D eigenvalue weighted by Crippen LogP contribution is -2.16. The summed E-state index contributed by atoms with van der Waals surface area (Å²) in [6.07, 6.45) is 1.43. The van der Waals surface area contributed by atoms with Gasteiger partial charge in [0.1, 0.15) is 0 Å². The molecule has 0 amide bonds. The van der Waals surface area contributed by atoms with Gasteiger partial charge in [0.15, 0.2) is 11.2 Å². The van der Waals surface area contributed by atoms with Crippen LogP contribution in [0.5, 0.6) is 0 Å². The maximum Gasteiger partial charge on any atom is 0.280 e. The van der Waals surface area contributed by atoms with E-state index in [9.17, 15) is 9.90 Å². The van der Waals surface area contributed by atoms with Crippen molar-refractivity contribution in [3.05, 3.63) is 22.2 Å². The Kier molecular flexibility index (Phi) is 3.49. The van der Waals surface area contributed by atoms with Crippen LogP contribution in [-0.2, 0) is 6.42 Å². The summed E-state index contributed by atoms with van der Waals surface area (Å²) in [7, 11) is 0. The fourth-order valence-electron chi connectivity index (χ4n) is 1.50. The van der Waals surface area contributed by atoms with Crippen LogP contribution in [-0.4, -0.2) is 42.9 Å². The molecule has 8 nitrogen and oxygen atoms in total. The number of nitrogen functional groups attached to an aromatic ring is 1. The Hall–Kier alpha value is -2.06. The van der Waals surface area contributed by atoms with Crippen molar-refractivity contribution in [1.82, 2.24) is 19.9 Å². The smallest absolute Gasteiger partial charge is 0.280 e. The van der Waals surface area contributed by atoms with Gasteiger partial charge in [0.2, 0.25) is 5.95 Å². The minimum atomic E-state index is -0.801. The molecule has 0 aromatic carbocycles. The zero-order valence-electron chi connectivity index (χ0n) is 9.50. The molecule has 8 heteroatoms. The second-order valence-corrected chi connectivity index (χ2v) is 3.86. The average molecular weight is 251 g/mol. The van der Waals surface area contributed by atoms with Crippen molar-refractivity contribution in [2.75, 3.05) is 12.3 Å². The molecule has 0 aliphatic rings. The molecule has 2 aromatic heterocycles. The van der Waals surface area contributed by atoms with E-state index in [-0.39, 0.29) is 23.7 Å². The van der Waals surface area contributed by atoms with Crippen LogP contribution in [0.1, 0.15) is 12.1 Å². The Morgan fingerprint density at radius 1 is 1.44 bits per heavy atom. The van der Waals surface area contributed by atoms with Gasteiger partial charge < -0.3 is 15.9 Å². The Labute approximate surface area is 102 Å². The van der Waals surface area contributed by atoms with E-state index in [0.717, 1.165) is 0 Å². The first-order valence-corrected chi connectivity index (χ1v) is 5.40. The van der Waals surface area contributed by atoms with Crippen LogP contribution in [0.25, 0.3) is 11.2 Å². The number of aliphatic hydroxyl groups excluding tert-OH is 2. The van der Waals surface area contributed by atoms with Crippen LogP contribution in [0, 0.1) is 0 Å². The normalized spacial score (nSPS) is 12.8. The summed E-state index contributed by atoms with van der Waals surface area (Å²) >= 11 is 0. The minimum absolute atomic E-state index is 0.00903. The molecule has 0 unspecified atom stereocenters. The lowest BCUT2D eigenvalue weighted by molar-refractivity contribution is 0.0884. The average Bonchev–Trinajstić information content (AvgIpc) is 2.36. The number of rotatable bonds is 4. The molecule has 0 radical (unpaired) electrons. The largest absolute Gasteiger partial charge is 0.394 e. The Balaban J connectivity index is 2.30. The van der Waals surface area contributed by atoms with Crippen molar-refractivity contribution >= 4 is 17.1 Å². The van der Waals surface area contributed by atoms with Crippen LogP contribution < -0.4 is 11.3 Å². The molecule has 0 saturated carbocycles. The minimum Gasteiger partial charge on any atom is -0.394 e. The van der Waals surface area contributed by atoms with Crippen molar-refractivity contribution in [3.63, 3.8) is 0 Å². The van der Waals surface area contributed by atoms with E-state index in [0.29, 0.717) is 18.5 Å². The maximum absolute atomic E-state index is 11.6. The predicted octanol–water partition coefficient (Wildman–Crippen LogP) is -1.42. The van der Waals surface area contributed by atoms with Gasteiger partial charge >= 0.3 is 0 Å². The monoisotopic (exact) mass is 251 g/mol. The third-order valence-electron chi connectivity index (χ3n) is 2.43. The lowest BCUT2D eigenvalue weighted by atomic mass is 10.1. The van der Waals surface area contributed by atoms with Crippen molar-refractivity contribution in [3.8, 4) is 0 Å². The molecule has 0 saturated heterocycles. The molecule has 2 heterocycles. The van der Waals surface area contributed by atoms with E-state index in [1.807, 2.05) is 0 Å². The van der Waals surface area contributed by atoms with Crippen molar-refractivity contribution in [2.45, 2.75) is 18.9 Å². The maximum atomic E-state index is 11.6. The van der Waals surface area contributed by atoms with E-state index in [2.05, 4.69) is 19.9 Å². The van der Waals surface area contributed by atoms with Gasteiger partial charge in [0.25, 0.3) is 5.56 Å². The number of nitrogens with one attached hydrogen (secondary N) is 1. The number of aromatic nitrogens is 4. The van der Waals surface area contributed by atoms with Gasteiger partial charge in [-0.2, -0.15) is 4.98 Å². The molecule has 0 fully saturated rings. The third kappa shape index (κ3) is 2.60. The second kappa shape index (κ2) is 5.07. The van der Waals surface area contributed by atoms with E-state index in [1.54, 1.807) is 0 Å². The van der Waals surface area contributed by atoms with Gasteiger partial charge in [0, 0.05) is 0 Å². The highest BCUT2D eigenvalue weighted by atomic mass is 16.3.